The molecule has 2 aliphatic heterocycles. The fourth-order valence-corrected chi connectivity index (χ4v) is 5.50. The molecule has 1 aromatic rings. The van der Waals surface area contributed by atoms with Crippen LogP contribution in [0.2, 0.25) is 0 Å². The number of piperazine rings is 1. The van der Waals surface area contributed by atoms with Gasteiger partial charge >= 0.3 is 0 Å². The summed E-state index contributed by atoms with van der Waals surface area (Å²) in [6.07, 6.45) is 9.53. The normalized spacial score (nSPS) is 21.6. The van der Waals surface area contributed by atoms with Gasteiger partial charge in [0, 0.05) is 42.8 Å². The lowest BCUT2D eigenvalue weighted by Crippen LogP contribution is -2.55. The zero-order valence-corrected chi connectivity index (χ0v) is 23.2. The summed E-state index contributed by atoms with van der Waals surface area (Å²) in [4.78, 5) is 4.69. The summed E-state index contributed by atoms with van der Waals surface area (Å²) >= 11 is 0. The van der Waals surface area contributed by atoms with Crippen LogP contribution in [0.1, 0.15) is 60.3 Å². The second kappa shape index (κ2) is 11.2. The second-order valence-electron chi connectivity index (χ2n) is 11.1. The van der Waals surface area contributed by atoms with Gasteiger partial charge in [0.2, 0.25) is 0 Å². The first-order chi connectivity index (χ1) is 17.1. The first-order valence-electron chi connectivity index (χ1n) is 13.4. The Hall–Kier alpha value is -3.19. The van der Waals surface area contributed by atoms with Gasteiger partial charge in [0.1, 0.15) is 0 Å². The molecule has 192 valence electrons. The molecule has 1 aromatic carbocycles. The molecule has 1 N–H and O–H groups in total. The van der Waals surface area contributed by atoms with E-state index in [2.05, 4.69) is 99.2 Å². The van der Waals surface area contributed by atoms with Crippen LogP contribution in [-0.2, 0) is 0 Å². The minimum absolute atomic E-state index is 0.0329. The van der Waals surface area contributed by atoms with Crippen molar-refractivity contribution in [3.05, 3.63) is 76.5 Å². The number of nitrogens with one attached hydrogen (secondary N) is 1. The third kappa shape index (κ3) is 5.46. The maximum Gasteiger partial charge on any atom is 0.0992 e. The lowest BCUT2D eigenvalue weighted by molar-refractivity contribution is 0.129. The largest absolute Gasteiger partial charge is 0.384 e. The monoisotopic (exact) mass is 484 g/mol. The van der Waals surface area contributed by atoms with Gasteiger partial charge in [0.05, 0.1) is 29.1 Å². The van der Waals surface area contributed by atoms with Crippen molar-refractivity contribution in [1.29, 1.82) is 5.26 Å². The lowest BCUT2D eigenvalue weighted by Gasteiger charge is -2.50. The molecule has 1 atom stereocenters. The molecule has 1 saturated carbocycles. The molecule has 0 spiro atoms. The minimum atomic E-state index is 0.0329. The third-order valence-corrected chi connectivity index (χ3v) is 7.56. The first-order valence-corrected chi connectivity index (χ1v) is 13.4. The van der Waals surface area contributed by atoms with Gasteiger partial charge in [-0.15, -0.1) is 0 Å². The van der Waals surface area contributed by atoms with Crippen LogP contribution in [0.3, 0.4) is 0 Å². The van der Waals surface area contributed by atoms with Crippen LogP contribution in [0.4, 0.5) is 5.69 Å². The Morgan fingerprint density at radius 2 is 1.83 bits per heavy atom. The quantitative estimate of drug-likeness (QED) is 0.539. The summed E-state index contributed by atoms with van der Waals surface area (Å²) < 4.78 is 0. The molecule has 0 aromatic heterocycles. The predicted octanol–water partition coefficient (Wildman–Crippen LogP) is 5.91. The highest BCUT2D eigenvalue weighted by Gasteiger charge is 2.39. The van der Waals surface area contributed by atoms with Crippen molar-refractivity contribution in [3.63, 3.8) is 0 Å². The zero-order chi connectivity index (χ0) is 26.6. The number of anilines is 1. The molecular formula is C32H44N4. The van der Waals surface area contributed by atoms with Crippen LogP contribution in [0.5, 0.6) is 0 Å². The van der Waals surface area contributed by atoms with Crippen LogP contribution < -0.4 is 15.8 Å². The average Bonchev–Trinajstić information content (AvgIpc) is 3.37. The minimum Gasteiger partial charge on any atom is -0.384 e. The summed E-state index contributed by atoms with van der Waals surface area (Å²) in [5, 5.41) is 15.3. The molecule has 0 radical (unpaired) electrons. The topological polar surface area (TPSA) is 42.3 Å². The maximum absolute atomic E-state index is 9.50. The van der Waals surface area contributed by atoms with Crippen molar-refractivity contribution in [1.82, 2.24) is 9.80 Å². The van der Waals surface area contributed by atoms with Gasteiger partial charge in [-0.25, -0.2) is 0 Å². The van der Waals surface area contributed by atoms with E-state index in [1.54, 1.807) is 0 Å². The zero-order valence-electron chi connectivity index (χ0n) is 23.2. The number of hydrogen-bond donors (Lipinski definition) is 1. The Balaban J connectivity index is 0.00000176. The lowest BCUT2D eigenvalue weighted by atomic mass is 9.81. The van der Waals surface area contributed by atoms with Crippen LogP contribution in [0.15, 0.2) is 66.0 Å². The van der Waals surface area contributed by atoms with Crippen LogP contribution >= 0.6 is 0 Å². The molecule has 2 heterocycles. The molecule has 4 rings (SSSR count). The van der Waals surface area contributed by atoms with Crippen molar-refractivity contribution >= 4 is 18.0 Å². The van der Waals surface area contributed by atoms with Crippen molar-refractivity contribution in [3.8, 4) is 6.07 Å². The standard InChI is InChI=1S/C30H38N4.C2H6/c1-20-15-27-29(24-13-10-14-26(22(24)3)32-17-23-11-8-9-12-23)33(7)19-28(30(4,5)6)34(27)18-25(20)21(2)16-31;1-2/h10,13-15,18,23,28,32H,1-3,8-9,11-12,17,19H2,4-7H3;1-2H3/b29-24-;. The van der Waals surface area contributed by atoms with E-state index in [1.165, 1.54) is 25.7 Å². The van der Waals surface area contributed by atoms with E-state index in [9.17, 15) is 5.26 Å². The highest BCUT2D eigenvalue weighted by Crippen LogP contribution is 2.40. The molecule has 0 amide bonds. The fourth-order valence-electron chi connectivity index (χ4n) is 5.50. The van der Waals surface area contributed by atoms with Crippen LogP contribution in [0.25, 0.3) is 12.3 Å². The fraction of sp³-hybridized carbons (Fsp3) is 0.469. The SMILES string of the molecule is C=C(C#N)C1=CN2C(=CC1=C)/C(=c1\cccc(NCC3CCCC3)c1=C)N(C)CC2C(C)(C)C.CC. The van der Waals surface area contributed by atoms with Gasteiger partial charge in [0.15, 0.2) is 0 Å². The predicted molar refractivity (Wildman–Crippen MR) is 154 cm³/mol. The summed E-state index contributed by atoms with van der Waals surface area (Å²) in [7, 11) is 2.17. The molecule has 0 bridgehead atoms. The van der Waals surface area contributed by atoms with E-state index in [4.69, 9.17) is 0 Å². The molecule has 1 aliphatic carbocycles. The Morgan fingerprint density at radius 1 is 1.17 bits per heavy atom. The van der Waals surface area contributed by atoms with Crippen LogP contribution in [0, 0.1) is 22.7 Å². The summed E-state index contributed by atoms with van der Waals surface area (Å²) in [5.74, 6) is 0.761. The number of benzene rings is 1. The molecule has 36 heavy (non-hydrogen) atoms. The highest BCUT2D eigenvalue weighted by atomic mass is 15.3. The van der Waals surface area contributed by atoms with E-state index in [0.717, 1.165) is 57.7 Å². The number of nitriles is 1. The van der Waals surface area contributed by atoms with Gasteiger partial charge in [-0.2, -0.15) is 5.26 Å². The first kappa shape index (κ1) is 27.4. The number of allylic oxidation sites excluding steroid dienone is 4. The maximum atomic E-state index is 9.50. The number of fused-ring (bicyclic) bond motifs is 1. The summed E-state index contributed by atoms with van der Waals surface area (Å²) in [6, 6.07) is 8.87. The van der Waals surface area contributed by atoms with Gasteiger partial charge < -0.3 is 15.1 Å². The van der Waals surface area contributed by atoms with E-state index in [0.29, 0.717) is 5.57 Å². The van der Waals surface area contributed by atoms with E-state index in [-0.39, 0.29) is 11.5 Å². The molecule has 4 nitrogen and oxygen atoms in total. The Kier molecular flexibility index (Phi) is 8.56. The van der Waals surface area contributed by atoms with E-state index >= 15 is 0 Å². The van der Waals surface area contributed by atoms with Gasteiger partial charge in [0.25, 0.3) is 0 Å². The van der Waals surface area contributed by atoms with Crippen molar-refractivity contribution in [2.45, 2.75) is 66.3 Å². The Bertz CT molecular complexity index is 1210. The molecular weight excluding hydrogens is 440 g/mol. The Labute approximate surface area is 218 Å². The summed E-state index contributed by atoms with van der Waals surface area (Å²) in [5.41, 5.74) is 5.47. The third-order valence-electron chi connectivity index (χ3n) is 7.56. The number of likely N-dealkylation sites (N-methyl/N-ethyl adjacent to an activating group) is 1. The molecule has 4 heteroatoms. The average molecular weight is 485 g/mol. The second-order valence-corrected chi connectivity index (χ2v) is 11.1. The number of hydrogen-bond acceptors (Lipinski definition) is 4. The molecule has 2 fully saturated rings. The van der Waals surface area contributed by atoms with Crippen molar-refractivity contribution in [2.24, 2.45) is 11.3 Å². The summed E-state index contributed by atoms with van der Waals surface area (Å²) in [6.45, 7) is 25.4. The van der Waals surface area contributed by atoms with Crippen molar-refractivity contribution in [2.75, 3.05) is 25.5 Å². The van der Waals surface area contributed by atoms with E-state index in [1.807, 2.05) is 13.8 Å². The van der Waals surface area contributed by atoms with Gasteiger partial charge in [-0.05, 0) is 47.1 Å². The van der Waals surface area contributed by atoms with Gasteiger partial charge in [-0.1, -0.05) is 79.3 Å². The smallest absolute Gasteiger partial charge is 0.0992 e. The number of nitrogens with zero attached hydrogens (tertiary/aromatic N) is 3. The van der Waals surface area contributed by atoms with Gasteiger partial charge in [-0.3, -0.25) is 0 Å². The van der Waals surface area contributed by atoms with Crippen molar-refractivity contribution < 1.29 is 0 Å². The molecule has 1 unspecified atom stereocenters. The van der Waals surface area contributed by atoms with Crippen LogP contribution in [-0.4, -0.2) is 36.0 Å². The Morgan fingerprint density at radius 3 is 2.44 bits per heavy atom. The molecule has 1 saturated heterocycles. The number of rotatable bonds is 4. The highest BCUT2D eigenvalue weighted by molar-refractivity contribution is 5.71. The van der Waals surface area contributed by atoms with E-state index < -0.39 is 0 Å². The molecule has 3 aliphatic rings.